The van der Waals surface area contributed by atoms with E-state index in [0.717, 1.165) is 24.8 Å². The molecule has 0 amide bonds. The van der Waals surface area contributed by atoms with Gasteiger partial charge in [0.1, 0.15) is 5.78 Å². The molecule has 0 aromatic rings. The highest BCUT2D eigenvalue weighted by atomic mass is 19.4. The molecule has 3 nitrogen and oxygen atoms in total. The fraction of sp³-hybridized carbons (Fsp3) is 0.818. The quantitative estimate of drug-likeness (QED) is 0.590. The van der Waals surface area contributed by atoms with Gasteiger partial charge in [-0.25, -0.2) is 0 Å². The maximum absolute atomic E-state index is 13.4. The third-order valence-electron chi connectivity index (χ3n) is 9.03. The van der Waals surface area contributed by atoms with Gasteiger partial charge < -0.3 is 5.11 Å². The fourth-order valence-corrected chi connectivity index (χ4v) is 7.48. The third kappa shape index (κ3) is 2.54. The first-order valence-corrected chi connectivity index (χ1v) is 10.4. The highest BCUT2D eigenvalue weighted by Gasteiger charge is 2.66. The van der Waals surface area contributed by atoms with Crippen molar-refractivity contribution in [2.75, 3.05) is 0 Å². The molecule has 0 saturated heterocycles. The molecule has 4 fully saturated rings. The van der Waals surface area contributed by atoms with Crippen LogP contribution in [0.1, 0.15) is 65.2 Å². The number of hydrogen-bond acceptors (Lipinski definition) is 3. The number of carbonyl (C=O) groups excluding carboxylic acids is 1. The van der Waals surface area contributed by atoms with Crippen LogP contribution in [0.15, 0.2) is 11.6 Å². The zero-order valence-corrected chi connectivity index (χ0v) is 16.5. The van der Waals surface area contributed by atoms with E-state index in [-0.39, 0.29) is 48.2 Å². The first kappa shape index (κ1) is 19.9. The first-order valence-electron chi connectivity index (χ1n) is 10.4. The Kier molecular flexibility index (Phi) is 4.33. The summed E-state index contributed by atoms with van der Waals surface area (Å²) in [5.41, 5.74) is -2.31. The Balaban J connectivity index is 1.66. The van der Waals surface area contributed by atoms with E-state index in [1.165, 1.54) is 0 Å². The number of nitriles is 1. The van der Waals surface area contributed by atoms with Crippen LogP contribution >= 0.6 is 0 Å². The van der Waals surface area contributed by atoms with Gasteiger partial charge in [0, 0.05) is 18.4 Å². The van der Waals surface area contributed by atoms with Crippen LogP contribution in [-0.4, -0.2) is 22.7 Å². The predicted molar refractivity (Wildman–Crippen MR) is 96.8 cm³/mol. The third-order valence-corrected chi connectivity index (χ3v) is 9.03. The van der Waals surface area contributed by atoms with E-state index in [9.17, 15) is 23.1 Å². The lowest BCUT2D eigenvalue weighted by molar-refractivity contribution is -0.288. The van der Waals surface area contributed by atoms with Crippen LogP contribution in [0.5, 0.6) is 0 Å². The van der Waals surface area contributed by atoms with Gasteiger partial charge in [-0.2, -0.15) is 18.4 Å². The summed E-state index contributed by atoms with van der Waals surface area (Å²) in [6.45, 7) is 4.09. The Morgan fingerprint density at radius 3 is 2.57 bits per heavy atom. The van der Waals surface area contributed by atoms with Crippen molar-refractivity contribution >= 4 is 5.78 Å². The number of allylic oxidation sites excluding steroid dienone is 2. The van der Waals surface area contributed by atoms with Gasteiger partial charge in [0.2, 0.25) is 0 Å². The van der Waals surface area contributed by atoms with Crippen molar-refractivity contribution in [3.63, 3.8) is 0 Å². The van der Waals surface area contributed by atoms with Gasteiger partial charge in [0.15, 0.2) is 5.60 Å². The van der Waals surface area contributed by atoms with Crippen molar-refractivity contribution in [1.82, 2.24) is 0 Å². The number of halogens is 3. The number of fused-ring (bicyclic) bond motifs is 5. The molecule has 0 aromatic carbocycles. The number of carbonyl (C=O) groups is 1. The highest BCUT2D eigenvalue weighted by Crippen LogP contribution is 2.67. The van der Waals surface area contributed by atoms with E-state index in [2.05, 4.69) is 13.0 Å². The molecule has 4 saturated carbocycles. The smallest absolute Gasteiger partial charge is 0.380 e. The van der Waals surface area contributed by atoms with Crippen molar-refractivity contribution in [2.24, 2.45) is 34.5 Å². The van der Waals surface area contributed by atoms with Gasteiger partial charge in [0.05, 0.1) is 6.07 Å². The second-order valence-electron chi connectivity index (χ2n) is 10.2. The molecule has 28 heavy (non-hydrogen) atoms. The average Bonchev–Trinajstić information content (AvgIpc) is 2.91. The van der Waals surface area contributed by atoms with E-state index in [4.69, 9.17) is 5.26 Å². The molecule has 4 rings (SSSR count). The molecule has 0 heterocycles. The maximum atomic E-state index is 13.4. The number of hydrogen-bond donors (Lipinski definition) is 1. The summed E-state index contributed by atoms with van der Waals surface area (Å²) in [4.78, 5) is 13.3. The van der Waals surface area contributed by atoms with Crippen molar-refractivity contribution in [1.29, 1.82) is 5.26 Å². The Labute approximate surface area is 164 Å². The molecule has 0 aliphatic heterocycles. The SMILES string of the molecule is CC12CC(=O)[C@H]3C(CCC4C[C@@](O)(C(F)(F)F)CCC43C)[C@@H]1CC/C2=C/C#N. The van der Waals surface area contributed by atoms with Crippen LogP contribution in [-0.2, 0) is 4.79 Å². The second-order valence-corrected chi connectivity index (χ2v) is 10.2. The van der Waals surface area contributed by atoms with Crippen LogP contribution in [0.3, 0.4) is 0 Å². The van der Waals surface area contributed by atoms with Crippen LogP contribution in [0.25, 0.3) is 0 Å². The molecular weight excluding hydrogens is 367 g/mol. The van der Waals surface area contributed by atoms with Crippen LogP contribution in [0, 0.1) is 45.8 Å². The lowest BCUT2D eigenvalue weighted by atomic mass is 9.44. The van der Waals surface area contributed by atoms with Crippen LogP contribution in [0.4, 0.5) is 13.2 Å². The zero-order chi connectivity index (χ0) is 20.5. The predicted octanol–water partition coefficient (Wildman–Crippen LogP) is 4.95. The minimum absolute atomic E-state index is 0.152. The van der Waals surface area contributed by atoms with Gasteiger partial charge in [-0.1, -0.05) is 19.4 Å². The van der Waals surface area contributed by atoms with Crippen molar-refractivity contribution in [3.05, 3.63) is 11.6 Å². The topological polar surface area (TPSA) is 61.1 Å². The Hall–Kier alpha value is -1.35. The molecule has 7 atom stereocenters. The summed E-state index contributed by atoms with van der Waals surface area (Å²) in [7, 11) is 0. The molecular formula is C22H28F3NO2. The summed E-state index contributed by atoms with van der Waals surface area (Å²) in [6.07, 6.45) is 0.159. The summed E-state index contributed by atoms with van der Waals surface area (Å²) >= 11 is 0. The van der Waals surface area contributed by atoms with Gasteiger partial charge >= 0.3 is 6.18 Å². The first-order chi connectivity index (χ1) is 13.0. The average molecular weight is 395 g/mol. The molecule has 4 unspecified atom stereocenters. The minimum atomic E-state index is -4.62. The summed E-state index contributed by atoms with van der Waals surface area (Å²) < 4.78 is 40.2. The van der Waals surface area contributed by atoms with Crippen LogP contribution in [0.2, 0.25) is 0 Å². The van der Waals surface area contributed by atoms with Crippen LogP contribution < -0.4 is 0 Å². The highest BCUT2D eigenvalue weighted by molar-refractivity contribution is 5.85. The van der Waals surface area contributed by atoms with Crippen molar-refractivity contribution in [2.45, 2.75) is 77.0 Å². The molecule has 6 heteroatoms. The standard InChI is InChI=1S/C22H28F3NO2/c1-19-8-9-21(28,22(23,24)25)11-14(19)3-5-15-16-6-4-13(7-10-26)20(16,2)12-17(27)18(15)19/h7,14-16,18,28H,3-6,8-9,11-12H2,1-2H3/b13-7-/t14?,15?,16-,18+,19?,20?,21+/m0/s1. The monoisotopic (exact) mass is 395 g/mol. The number of rotatable bonds is 0. The number of alkyl halides is 3. The van der Waals surface area contributed by atoms with Gasteiger partial charge in [-0.05, 0) is 73.5 Å². The van der Waals surface area contributed by atoms with E-state index in [1.807, 2.05) is 6.92 Å². The van der Waals surface area contributed by atoms with Gasteiger partial charge in [-0.3, -0.25) is 4.79 Å². The largest absolute Gasteiger partial charge is 0.417 e. The molecule has 0 aromatic heterocycles. The molecule has 0 bridgehead atoms. The Morgan fingerprint density at radius 2 is 1.93 bits per heavy atom. The molecule has 4 aliphatic rings. The van der Waals surface area contributed by atoms with Crippen molar-refractivity contribution < 1.29 is 23.1 Å². The van der Waals surface area contributed by atoms with E-state index in [0.29, 0.717) is 18.8 Å². The lowest BCUT2D eigenvalue weighted by Crippen LogP contribution is -2.61. The lowest BCUT2D eigenvalue weighted by Gasteiger charge is -2.60. The number of nitrogens with zero attached hydrogens (tertiary/aromatic N) is 1. The summed E-state index contributed by atoms with van der Waals surface area (Å²) in [5.74, 6) is 0.144. The summed E-state index contributed by atoms with van der Waals surface area (Å²) in [5, 5.41) is 19.4. The minimum Gasteiger partial charge on any atom is -0.380 e. The van der Waals surface area contributed by atoms with E-state index in [1.54, 1.807) is 6.08 Å². The fourth-order valence-electron chi connectivity index (χ4n) is 7.48. The van der Waals surface area contributed by atoms with E-state index >= 15 is 0 Å². The molecule has 154 valence electrons. The van der Waals surface area contributed by atoms with Gasteiger partial charge in [-0.15, -0.1) is 0 Å². The second kappa shape index (κ2) is 6.08. The molecule has 4 aliphatic carbocycles. The summed E-state index contributed by atoms with van der Waals surface area (Å²) in [6, 6.07) is 2.12. The number of aliphatic hydroxyl groups is 1. The molecule has 1 N–H and O–H groups in total. The zero-order valence-electron chi connectivity index (χ0n) is 16.5. The maximum Gasteiger partial charge on any atom is 0.417 e. The Bertz CT molecular complexity index is 769. The normalized spacial score (nSPS) is 49.9. The van der Waals surface area contributed by atoms with E-state index < -0.39 is 17.2 Å². The number of Topliss-reactive ketones (excluding diaryl/α,β-unsaturated/α-hetero) is 1. The van der Waals surface area contributed by atoms with Gasteiger partial charge in [0.25, 0.3) is 0 Å². The Morgan fingerprint density at radius 1 is 1.21 bits per heavy atom. The van der Waals surface area contributed by atoms with Crippen molar-refractivity contribution in [3.8, 4) is 6.07 Å². The molecule has 0 radical (unpaired) electrons. The number of ketones is 1. The molecule has 0 spiro atoms.